The van der Waals surface area contributed by atoms with Gasteiger partial charge in [0.05, 0.1) is 13.1 Å². The van der Waals surface area contributed by atoms with Crippen LogP contribution < -0.4 is 0 Å². The van der Waals surface area contributed by atoms with Crippen molar-refractivity contribution in [3.63, 3.8) is 0 Å². The number of carbonyl (C=O) groups is 1. The van der Waals surface area contributed by atoms with E-state index >= 15 is 0 Å². The zero-order chi connectivity index (χ0) is 15.8. The Morgan fingerprint density at radius 2 is 1.91 bits per heavy atom. The summed E-state index contributed by atoms with van der Waals surface area (Å²) in [6, 6.07) is 0.561. The first kappa shape index (κ1) is 17.3. The molecule has 1 amide bonds. The predicted octanol–water partition coefficient (Wildman–Crippen LogP) is 1.81. The lowest BCUT2D eigenvalue weighted by Gasteiger charge is -2.34. The highest BCUT2D eigenvalue weighted by atomic mass is 16.2. The summed E-state index contributed by atoms with van der Waals surface area (Å²) in [5.74, 6) is 6.66. The highest BCUT2D eigenvalue weighted by molar-refractivity contribution is 5.78. The number of hydrogen-bond acceptors (Lipinski definition) is 3. The van der Waals surface area contributed by atoms with Crippen molar-refractivity contribution >= 4 is 5.91 Å². The molecule has 2 fully saturated rings. The molecule has 0 bridgehead atoms. The van der Waals surface area contributed by atoms with E-state index in [2.05, 4.69) is 40.4 Å². The predicted molar refractivity (Wildman–Crippen MR) is 90.6 cm³/mol. The largest absolute Gasteiger partial charge is 0.340 e. The van der Waals surface area contributed by atoms with Crippen molar-refractivity contribution in [2.45, 2.75) is 52.0 Å². The van der Waals surface area contributed by atoms with Crippen LogP contribution in [0.25, 0.3) is 0 Å². The fraction of sp³-hybridized carbons (Fsp3) is 0.833. The second kappa shape index (κ2) is 9.17. The molecule has 0 aliphatic carbocycles. The number of rotatable bonds is 3. The van der Waals surface area contributed by atoms with Gasteiger partial charge in [0.1, 0.15) is 0 Å². The van der Waals surface area contributed by atoms with Crippen molar-refractivity contribution in [1.29, 1.82) is 0 Å². The van der Waals surface area contributed by atoms with E-state index in [1.54, 1.807) is 0 Å². The Labute approximate surface area is 135 Å². The molecule has 1 atom stereocenters. The van der Waals surface area contributed by atoms with Gasteiger partial charge in [-0.25, -0.2) is 0 Å². The molecular weight excluding hydrogens is 274 g/mol. The molecule has 22 heavy (non-hydrogen) atoms. The van der Waals surface area contributed by atoms with Crippen LogP contribution in [0.5, 0.6) is 0 Å². The van der Waals surface area contributed by atoms with Crippen molar-refractivity contribution in [2.75, 3.05) is 45.8 Å². The van der Waals surface area contributed by atoms with Crippen LogP contribution in [0.3, 0.4) is 0 Å². The van der Waals surface area contributed by atoms with E-state index in [9.17, 15) is 4.79 Å². The average molecular weight is 305 g/mol. The minimum absolute atomic E-state index is 0.315. The lowest BCUT2D eigenvalue weighted by Crippen LogP contribution is -2.46. The molecule has 2 saturated heterocycles. The summed E-state index contributed by atoms with van der Waals surface area (Å²) in [7, 11) is 0. The minimum Gasteiger partial charge on any atom is -0.340 e. The molecule has 0 N–H and O–H groups in total. The normalized spacial score (nSPS) is 24.5. The van der Waals surface area contributed by atoms with Crippen LogP contribution in [-0.2, 0) is 4.79 Å². The summed E-state index contributed by atoms with van der Waals surface area (Å²) in [6.07, 6.45) is 5.77. The maximum absolute atomic E-state index is 12.6. The third-order valence-electron chi connectivity index (χ3n) is 4.82. The quantitative estimate of drug-likeness (QED) is 0.744. The molecule has 0 aromatic heterocycles. The van der Waals surface area contributed by atoms with Gasteiger partial charge in [0.15, 0.2) is 0 Å². The van der Waals surface area contributed by atoms with Gasteiger partial charge in [-0.1, -0.05) is 19.3 Å². The first-order valence-corrected chi connectivity index (χ1v) is 8.90. The Kier molecular flexibility index (Phi) is 7.21. The van der Waals surface area contributed by atoms with Gasteiger partial charge in [0, 0.05) is 38.6 Å². The van der Waals surface area contributed by atoms with Crippen LogP contribution in [0.2, 0.25) is 0 Å². The summed E-state index contributed by atoms with van der Waals surface area (Å²) >= 11 is 0. The Balaban J connectivity index is 1.78. The van der Waals surface area contributed by atoms with Gasteiger partial charge in [-0.05, 0) is 32.7 Å². The lowest BCUT2D eigenvalue weighted by molar-refractivity contribution is -0.133. The van der Waals surface area contributed by atoms with Gasteiger partial charge in [-0.2, -0.15) is 0 Å². The SMILES string of the molecule is CCC#CCN1CCCN(C(=O)CN2CCCCC2C)CC1. The van der Waals surface area contributed by atoms with Crippen molar-refractivity contribution in [3.05, 3.63) is 0 Å². The molecule has 1 unspecified atom stereocenters. The van der Waals surface area contributed by atoms with E-state index in [0.717, 1.165) is 52.1 Å². The number of amides is 1. The lowest BCUT2D eigenvalue weighted by atomic mass is 10.0. The molecule has 2 aliphatic rings. The van der Waals surface area contributed by atoms with Gasteiger partial charge in [0.25, 0.3) is 0 Å². The summed E-state index contributed by atoms with van der Waals surface area (Å²) < 4.78 is 0. The highest BCUT2D eigenvalue weighted by Crippen LogP contribution is 2.16. The highest BCUT2D eigenvalue weighted by Gasteiger charge is 2.24. The molecule has 2 aliphatic heterocycles. The molecule has 124 valence electrons. The average Bonchev–Trinajstić information content (AvgIpc) is 2.76. The monoisotopic (exact) mass is 305 g/mol. The molecule has 2 rings (SSSR count). The van der Waals surface area contributed by atoms with Crippen LogP contribution >= 0.6 is 0 Å². The van der Waals surface area contributed by atoms with E-state index in [4.69, 9.17) is 0 Å². The zero-order valence-electron chi connectivity index (χ0n) is 14.3. The van der Waals surface area contributed by atoms with E-state index in [0.29, 0.717) is 18.5 Å². The summed E-state index contributed by atoms with van der Waals surface area (Å²) in [4.78, 5) is 19.4. The number of carbonyl (C=O) groups excluding carboxylic acids is 1. The van der Waals surface area contributed by atoms with Crippen LogP contribution in [0, 0.1) is 11.8 Å². The van der Waals surface area contributed by atoms with Crippen molar-refractivity contribution in [1.82, 2.24) is 14.7 Å². The van der Waals surface area contributed by atoms with Gasteiger partial charge in [-0.15, -0.1) is 5.92 Å². The molecule has 4 heteroatoms. The van der Waals surface area contributed by atoms with E-state index in [1.807, 2.05) is 0 Å². The maximum Gasteiger partial charge on any atom is 0.236 e. The summed E-state index contributed by atoms with van der Waals surface area (Å²) in [6.45, 7) is 10.6. The van der Waals surface area contributed by atoms with E-state index in [-0.39, 0.29) is 0 Å². The van der Waals surface area contributed by atoms with Gasteiger partial charge >= 0.3 is 0 Å². The zero-order valence-corrected chi connectivity index (χ0v) is 14.3. The van der Waals surface area contributed by atoms with Crippen LogP contribution in [0.1, 0.15) is 46.0 Å². The van der Waals surface area contributed by atoms with Gasteiger partial charge in [-0.3, -0.25) is 14.6 Å². The maximum atomic E-state index is 12.6. The molecular formula is C18H31N3O. The smallest absolute Gasteiger partial charge is 0.236 e. The molecule has 0 saturated carbocycles. The van der Waals surface area contributed by atoms with Crippen LogP contribution in [0.4, 0.5) is 0 Å². The van der Waals surface area contributed by atoms with Gasteiger partial charge in [0.2, 0.25) is 5.91 Å². The van der Waals surface area contributed by atoms with Crippen molar-refractivity contribution < 1.29 is 4.79 Å². The standard InChI is InChI=1S/C18H31N3O/c1-3-4-6-10-19-11-8-13-20(15-14-19)18(22)16-21-12-7-5-9-17(21)2/h17H,3,5,7-16H2,1-2H3. The second-order valence-electron chi connectivity index (χ2n) is 6.53. The van der Waals surface area contributed by atoms with Gasteiger partial charge < -0.3 is 4.90 Å². The first-order valence-electron chi connectivity index (χ1n) is 8.90. The van der Waals surface area contributed by atoms with Crippen LogP contribution in [-0.4, -0.2) is 72.5 Å². The van der Waals surface area contributed by atoms with Crippen molar-refractivity contribution in [3.8, 4) is 11.8 Å². The van der Waals surface area contributed by atoms with Crippen molar-refractivity contribution in [2.24, 2.45) is 0 Å². The Morgan fingerprint density at radius 1 is 1.05 bits per heavy atom. The number of piperidine rings is 1. The Hall–Kier alpha value is -1.05. The second-order valence-corrected chi connectivity index (χ2v) is 6.53. The number of nitrogens with zero attached hydrogens (tertiary/aromatic N) is 3. The molecule has 0 aromatic rings. The molecule has 0 spiro atoms. The minimum atomic E-state index is 0.315. The van der Waals surface area contributed by atoms with E-state index < -0.39 is 0 Å². The first-order chi connectivity index (χ1) is 10.7. The third-order valence-corrected chi connectivity index (χ3v) is 4.82. The number of hydrogen-bond donors (Lipinski definition) is 0. The Morgan fingerprint density at radius 3 is 2.68 bits per heavy atom. The molecule has 4 nitrogen and oxygen atoms in total. The molecule has 0 aromatic carbocycles. The summed E-state index contributed by atoms with van der Waals surface area (Å²) in [5.41, 5.74) is 0. The third kappa shape index (κ3) is 5.30. The fourth-order valence-electron chi connectivity index (χ4n) is 3.34. The van der Waals surface area contributed by atoms with E-state index in [1.165, 1.54) is 19.3 Å². The number of likely N-dealkylation sites (tertiary alicyclic amines) is 1. The topological polar surface area (TPSA) is 26.8 Å². The van der Waals surface area contributed by atoms with Crippen LogP contribution in [0.15, 0.2) is 0 Å². The fourth-order valence-corrected chi connectivity index (χ4v) is 3.34. The molecule has 0 radical (unpaired) electrons. The summed E-state index contributed by atoms with van der Waals surface area (Å²) in [5, 5.41) is 0. The Bertz CT molecular complexity index is 412. The molecule has 2 heterocycles.